The molecule has 0 atom stereocenters. The molecule has 0 unspecified atom stereocenters. The lowest BCUT2D eigenvalue weighted by Gasteiger charge is -1.99. The summed E-state index contributed by atoms with van der Waals surface area (Å²) in [6.07, 6.45) is 3.67. The number of aryl methyl sites for hydroxylation is 1. The largest absolute Gasteiger partial charge is 0.506 e. The number of aromatic nitrogens is 2. The molecule has 2 heterocycles. The molecule has 2 rings (SSSR count). The first-order valence-corrected chi connectivity index (χ1v) is 4.87. The molecule has 0 aliphatic heterocycles. The van der Waals surface area contributed by atoms with E-state index in [4.69, 9.17) is 0 Å². The fourth-order valence-corrected chi connectivity index (χ4v) is 2.00. The van der Waals surface area contributed by atoms with Crippen molar-refractivity contribution in [3.8, 4) is 0 Å². The van der Waals surface area contributed by atoms with Crippen molar-refractivity contribution in [2.45, 2.75) is 0 Å². The van der Waals surface area contributed by atoms with E-state index >= 15 is 0 Å². The molecule has 0 spiro atoms. The number of hydrogen-bond donors (Lipinski definition) is 1. The maximum atomic E-state index is 9.20. The van der Waals surface area contributed by atoms with E-state index in [1.54, 1.807) is 6.20 Å². The number of aliphatic hydroxyl groups excluding tert-OH is 1. The number of halogens is 1. The molecule has 0 bridgehead atoms. The lowest BCUT2D eigenvalue weighted by Crippen LogP contribution is -1.89. The normalized spacial score (nSPS) is 10.7. The Balaban J connectivity index is 2.77. The van der Waals surface area contributed by atoms with Crippen molar-refractivity contribution >= 4 is 32.6 Å². The molecule has 3 nitrogen and oxygen atoms in total. The Bertz CT molecular complexity index is 516. The predicted octanol–water partition coefficient (Wildman–Crippen LogP) is 2.86. The smallest absolute Gasteiger partial charge is 0.134 e. The minimum Gasteiger partial charge on any atom is -0.506 e. The first-order valence-electron chi connectivity index (χ1n) is 4.08. The van der Waals surface area contributed by atoms with Gasteiger partial charge in [-0.2, -0.15) is 0 Å². The molecule has 4 heteroatoms. The molecular formula is C10H9BrN2O. The van der Waals surface area contributed by atoms with Crippen LogP contribution in [-0.2, 0) is 7.05 Å². The van der Waals surface area contributed by atoms with E-state index in [0.717, 1.165) is 15.4 Å². The summed E-state index contributed by atoms with van der Waals surface area (Å²) in [5, 5.41) is 10.2. The van der Waals surface area contributed by atoms with Crippen LogP contribution in [0, 0.1) is 0 Å². The zero-order valence-electron chi connectivity index (χ0n) is 7.66. The van der Waals surface area contributed by atoms with Crippen molar-refractivity contribution in [1.29, 1.82) is 0 Å². The highest BCUT2D eigenvalue weighted by Crippen LogP contribution is 2.25. The maximum absolute atomic E-state index is 9.20. The minimum atomic E-state index is -0.00998. The van der Waals surface area contributed by atoms with E-state index in [9.17, 15) is 5.11 Å². The highest BCUT2D eigenvalue weighted by atomic mass is 79.9. The monoisotopic (exact) mass is 252 g/mol. The summed E-state index contributed by atoms with van der Waals surface area (Å²) < 4.78 is 2.96. The lowest BCUT2D eigenvalue weighted by atomic mass is 10.2. The Morgan fingerprint density at radius 2 is 2.36 bits per heavy atom. The molecule has 2 aromatic rings. The van der Waals surface area contributed by atoms with Gasteiger partial charge in [0.1, 0.15) is 11.5 Å². The fraction of sp³-hybridized carbons (Fsp3) is 0.100. The molecule has 14 heavy (non-hydrogen) atoms. The summed E-state index contributed by atoms with van der Waals surface area (Å²) in [7, 11) is 1.94. The van der Waals surface area contributed by atoms with Crippen molar-refractivity contribution in [3.63, 3.8) is 0 Å². The molecule has 0 saturated carbocycles. The minimum absolute atomic E-state index is 0.00998. The second kappa shape index (κ2) is 3.13. The van der Waals surface area contributed by atoms with E-state index in [-0.39, 0.29) is 5.76 Å². The van der Waals surface area contributed by atoms with Gasteiger partial charge in [-0.15, -0.1) is 0 Å². The van der Waals surface area contributed by atoms with Crippen LogP contribution in [-0.4, -0.2) is 14.7 Å². The highest BCUT2D eigenvalue weighted by molar-refractivity contribution is 9.10. The highest BCUT2D eigenvalue weighted by Gasteiger charge is 2.06. The van der Waals surface area contributed by atoms with Crippen molar-refractivity contribution in [2.24, 2.45) is 7.05 Å². The van der Waals surface area contributed by atoms with Crippen LogP contribution in [0.25, 0.3) is 16.7 Å². The Kier molecular flexibility index (Phi) is 2.07. The molecule has 0 aliphatic rings. The van der Waals surface area contributed by atoms with Gasteiger partial charge in [0.2, 0.25) is 0 Å². The maximum Gasteiger partial charge on any atom is 0.134 e. The van der Waals surface area contributed by atoms with Gasteiger partial charge < -0.3 is 9.67 Å². The van der Waals surface area contributed by atoms with Crippen molar-refractivity contribution in [3.05, 3.63) is 35.2 Å². The van der Waals surface area contributed by atoms with Crippen LogP contribution in [0.4, 0.5) is 0 Å². The molecule has 2 aromatic heterocycles. The van der Waals surface area contributed by atoms with Crippen molar-refractivity contribution in [1.82, 2.24) is 9.55 Å². The molecule has 0 aromatic carbocycles. The third-order valence-corrected chi connectivity index (χ3v) is 2.75. The molecule has 0 aliphatic carbocycles. The van der Waals surface area contributed by atoms with Crippen LogP contribution in [0.15, 0.2) is 29.5 Å². The van der Waals surface area contributed by atoms with Gasteiger partial charge >= 0.3 is 0 Å². The number of hydrogen-bond acceptors (Lipinski definition) is 2. The average Bonchev–Trinajstić information content (AvgIpc) is 2.42. The van der Waals surface area contributed by atoms with Crippen LogP contribution in [0.1, 0.15) is 5.69 Å². The second-order valence-electron chi connectivity index (χ2n) is 3.12. The van der Waals surface area contributed by atoms with E-state index in [1.807, 2.05) is 23.9 Å². The molecule has 0 saturated heterocycles. The van der Waals surface area contributed by atoms with Crippen LogP contribution >= 0.6 is 15.9 Å². The number of nitrogens with zero attached hydrogens (tertiary/aromatic N) is 2. The molecule has 0 fully saturated rings. The standard InChI is InChI=1S/C10H9BrN2O/c1-6(14)9-3-10-7(4-12-9)8(11)5-13(10)2/h3-5,14H,1H2,2H3. The van der Waals surface area contributed by atoms with Crippen molar-refractivity contribution in [2.75, 3.05) is 0 Å². The quantitative estimate of drug-likeness (QED) is 0.793. The Hall–Kier alpha value is -1.29. The predicted molar refractivity (Wildman–Crippen MR) is 60.1 cm³/mol. The summed E-state index contributed by atoms with van der Waals surface area (Å²) in [5.74, 6) is -0.00998. The number of rotatable bonds is 1. The zero-order chi connectivity index (χ0) is 10.3. The Labute approximate surface area is 89.8 Å². The van der Waals surface area contributed by atoms with E-state index in [0.29, 0.717) is 5.69 Å². The first-order chi connectivity index (χ1) is 6.59. The molecule has 0 amide bonds. The van der Waals surface area contributed by atoms with Gasteiger partial charge in [0.25, 0.3) is 0 Å². The zero-order valence-corrected chi connectivity index (χ0v) is 9.24. The van der Waals surface area contributed by atoms with Gasteiger partial charge in [0.05, 0.1) is 5.52 Å². The van der Waals surface area contributed by atoms with Gasteiger partial charge in [0, 0.05) is 29.3 Å². The van der Waals surface area contributed by atoms with Gasteiger partial charge in [-0.25, -0.2) is 0 Å². The van der Waals surface area contributed by atoms with E-state index in [1.165, 1.54) is 0 Å². The Morgan fingerprint density at radius 3 is 3.00 bits per heavy atom. The van der Waals surface area contributed by atoms with Crippen LogP contribution in [0.3, 0.4) is 0 Å². The third kappa shape index (κ3) is 1.32. The van der Waals surface area contributed by atoms with Gasteiger partial charge in [-0.1, -0.05) is 6.58 Å². The SMILES string of the molecule is C=C(O)c1cc2c(cn1)c(Br)cn2C. The summed E-state index contributed by atoms with van der Waals surface area (Å²) >= 11 is 3.43. The first kappa shape index (κ1) is 9.27. The van der Waals surface area contributed by atoms with Gasteiger partial charge in [-0.3, -0.25) is 4.98 Å². The van der Waals surface area contributed by atoms with Gasteiger partial charge in [-0.05, 0) is 22.0 Å². The van der Waals surface area contributed by atoms with Crippen LogP contribution in [0.5, 0.6) is 0 Å². The van der Waals surface area contributed by atoms with Crippen LogP contribution in [0.2, 0.25) is 0 Å². The summed E-state index contributed by atoms with van der Waals surface area (Å²) in [6, 6.07) is 1.81. The van der Waals surface area contributed by atoms with E-state index in [2.05, 4.69) is 27.5 Å². The topological polar surface area (TPSA) is 38.1 Å². The summed E-state index contributed by atoms with van der Waals surface area (Å²) in [6.45, 7) is 3.44. The molecule has 1 N–H and O–H groups in total. The number of aliphatic hydroxyl groups is 1. The lowest BCUT2D eigenvalue weighted by molar-refractivity contribution is 0.510. The molecule has 72 valence electrons. The average molecular weight is 253 g/mol. The van der Waals surface area contributed by atoms with Gasteiger partial charge in [0.15, 0.2) is 0 Å². The summed E-state index contributed by atoms with van der Waals surface area (Å²) in [4.78, 5) is 4.09. The summed E-state index contributed by atoms with van der Waals surface area (Å²) in [5.41, 5.74) is 1.52. The van der Waals surface area contributed by atoms with E-state index < -0.39 is 0 Å². The molecule has 0 radical (unpaired) electrons. The van der Waals surface area contributed by atoms with Crippen molar-refractivity contribution < 1.29 is 5.11 Å². The number of pyridine rings is 1. The second-order valence-corrected chi connectivity index (χ2v) is 3.98. The third-order valence-electron chi connectivity index (χ3n) is 2.12. The Morgan fingerprint density at radius 1 is 1.64 bits per heavy atom. The number of fused-ring (bicyclic) bond motifs is 1. The van der Waals surface area contributed by atoms with Crippen LogP contribution < -0.4 is 0 Å². The molecular weight excluding hydrogens is 244 g/mol. The fourth-order valence-electron chi connectivity index (χ4n) is 1.39.